The topological polar surface area (TPSA) is 82.1 Å². The van der Waals surface area contributed by atoms with Crippen molar-refractivity contribution in [3.05, 3.63) is 71.0 Å². The van der Waals surface area contributed by atoms with Gasteiger partial charge in [0.15, 0.2) is 0 Å². The molecule has 0 radical (unpaired) electrons. The number of nitrogens with two attached hydrogens (primary N) is 1. The maximum absolute atomic E-state index is 8.00. The normalized spacial score (nSPS) is 14.9. The minimum Gasteiger partial charge on any atom is -0.383 e. The summed E-state index contributed by atoms with van der Waals surface area (Å²) in [4.78, 5) is 13.1. The van der Waals surface area contributed by atoms with Gasteiger partial charge in [0.05, 0.1) is 10.6 Å². The minimum atomic E-state index is 0.201. The molecule has 1 aromatic heterocycles. The first-order valence-corrected chi connectivity index (χ1v) is 11.6. The Morgan fingerprint density at radius 2 is 1.50 bits per heavy atom. The highest BCUT2D eigenvalue weighted by Crippen LogP contribution is 2.37. The molecule has 3 aromatic carbocycles. The minimum absolute atomic E-state index is 0.201. The number of halogens is 2. The van der Waals surface area contributed by atoms with E-state index in [1.165, 1.54) is 22.7 Å². The number of hydrogen-bond acceptors (Lipinski definition) is 6. The molecule has 0 aliphatic carbocycles. The Kier molecular flexibility index (Phi) is 5.71. The van der Waals surface area contributed by atoms with Crippen molar-refractivity contribution in [1.29, 1.82) is 5.41 Å². The Balaban J connectivity index is 1.44. The summed E-state index contributed by atoms with van der Waals surface area (Å²) in [5.41, 5.74) is 7.87. The Labute approximate surface area is 199 Å². The first kappa shape index (κ1) is 21.1. The molecular formula is C24H22BrClN6. The zero-order chi connectivity index (χ0) is 22.2. The van der Waals surface area contributed by atoms with E-state index in [1.54, 1.807) is 0 Å². The Morgan fingerprint density at radius 3 is 2.06 bits per heavy atom. The highest BCUT2D eigenvalue weighted by molar-refractivity contribution is 9.18. The lowest BCUT2D eigenvalue weighted by Gasteiger charge is -2.36. The first-order chi connectivity index (χ1) is 15.5. The fourth-order valence-electron chi connectivity index (χ4n) is 4.52. The maximum Gasteiger partial charge on any atom is 0.144 e. The molecule has 1 aliphatic heterocycles. The van der Waals surface area contributed by atoms with Crippen LogP contribution in [-0.4, -0.2) is 45.7 Å². The van der Waals surface area contributed by atoms with Crippen LogP contribution in [0.15, 0.2) is 54.9 Å². The van der Waals surface area contributed by atoms with Gasteiger partial charge in [0.2, 0.25) is 0 Å². The van der Waals surface area contributed by atoms with Crippen molar-refractivity contribution in [2.45, 2.75) is 6.54 Å². The van der Waals surface area contributed by atoms with Gasteiger partial charge in [-0.1, -0.05) is 60.1 Å². The van der Waals surface area contributed by atoms with Gasteiger partial charge in [-0.25, -0.2) is 9.97 Å². The Bertz CT molecular complexity index is 1280. The molecule has 6 nitrogen and oxygen atoms in total. The van der Waals surface area contributed by atoms with Crippen LogP contribution in [0.1, 0.15) is 11.1 Å². The van der Waals surface area contributed by atoms with Crippen LogP contribution in [0.5, 0.6) is 0 Å². The van der Waals surface area contributed by atoms with Crippen molar-refractivity contribution in [2.24, 2.45) is 0 Å². The van der Waals surface area contributed by atoms with E-state index in [0.717, 1.165) is 48.5 Å². The van der Waals surface area contributed by atoms with E-state index in [0.29, 0.717) is 17.2 Å². The molecule has 0 saturated carbocycles. The van der Waals surface area contributed by atoms with E-state index in [4.69, 9.17) is 22.7 Å². The number of fused-ring (bicyclic) bond motifs is 2. The number of nitrogens with one attached hydrogen (secondary N) is 1. The molecule has 162 valence electrons. The second-order valence-corrected chi connectivity index (χ2v) is 9.09. The fraction of sp³-hybridized carbons (Fsp3) is 0.208. The number of benzene rings is 3. The predicted octanol–water partition coefficient (Wildman–Crippen LogP) is 5.06. The molecule has 1 fully saturated rings. The van der Waals surface area contributed by atoms with E-state index < -0.39 is 0 Å². The molecule has 3 N–H and O–H groups in total. The molecule has 0 unspecified atom stereocenters. The van der Waals surface area contributed by atoms with Crippen LogP contribution in [0.25, 0.3) is 21.5 Å². The summed E-state index contributed by atoms with van der Waals surface area (Å²) >= 11 is 10.00. The van der Waals surface area contributed by atoms with Gasteiger partial charge in [-0.05, 0) is 32.3 Å². The number of rotatable bonds is 4. The summed E-state index contributed by atoms with van der Waals surface area (Å²) < 4.78 is 0.201. The van der Waals surface area contributed by atoms with E-state index in [2.05, 4.69) is 72.1 Å². The highest BCUT2D eigenvalue weighted by atomic mass is 79.9. The molecule has 1 saturated heterocycles. The van der Waals surface area contributed by atoms with Crippen molar-refractivity contribution in [2.75, 3.05) is 36.8 Å². The summed E-state index contributed by atoms with van der Waals surface area (Å²) in [5.74, 6) is 1.03. The molecule has 2 heterocycles. The average molecular weight is 510 g/mol. The molecule has 0 spiro atoms. The smallest absolute Gasteiger partial charge is 0.144 e. The van der Waals surface area contributed by atoms with Crippen LogP contribution in [0.2, 0.25) is 5.02 Å². The van der Waals surface area contributed by atoms with Crippen molar-refractivity contribution in [3.63, 3.8) is 0 Å². The Morgan fingerprint density at radius 1 is 0.938 bits per heavy atom. The number of nitrogens with zero attached hydrogens (tertiary/aromatic N) is 4. The molecule has 1 aliphatic rings. The third-order valence-corrected chi connectivity index (χ3v) is 6.91. The van der Waals surface area contributed by atoms with Gasteiger partial charge in [-0.15, -0.1) is 0 Å². The molecule has 32 heavy (non-hydrogen) atoms. The van der Waals surface area contributed by atoms with Gasteiger partial charge >= 0.3 is 0 Å². The average Bonchev–Trinajstić information content (AvgIpc) is 2.82. The molecule has 4 aromatic rings. The summed E-state index contributed by atoms with van der Waals surface area (Å²) in [6.45, 7) is 4.20. The van der Waals surface area contributed by atoms with E-state index in [-0.39, 0.29) is 4.62 Å². The molecule has 5 rings (SSSR count). The number of nitrogen functional groups attached to an aromatic ring is 1. The zero-order valence-electron chi connectivity index (χ0n) is 17.4. The van der Waals surface area contributed by atoms with Gasteiger partial charge in [0.1, 0.15) is 22.6 Å². The van der Waals surface area contributed by atoms with Crippen molar-refractivity contribution >= 4 is 65.3 Å². The molecular weight excluding hydrogens is 488 g/mol. The lowest BCUT2D eigenvalue weighted by atomic mass is 9.96. The molecule has 0 bridgehead atoms. The standard InChI is InChI=1S/C24H22BrClN6/c25-22(27)20-23(28)29-14-30-24(20)32-11-9-31(10-12-32)13-19-15-5-1-3-7-17(15)21(26)18-8-4-2-6-16(18)19/h1-8,14,27H,9-13H2,(H2,28,29,30). The van der Waals surface area contributed by atoms with E-state index in [9.17, 15) is 0 Å². The summed E-state index contributed by atoms with van der Waals surface area (Å²) in [5, 5.41) is 13.4. The van der Waals surface area contributed by atoms with E-state index in [1.807, 2.05) is 12.1 Å². The first-order valence-electron chi connectivity index (χ1n) is 10.4. The number of anilines is 2. The zero-order valence-corrected chi connectivity index (χ0v) is 19.7. The van der Waals surface area contributed by atoms with Crippen molar-refractivity contribution < 1.29 is 0 Å². The summed E-state index contributed by atoms with van der Waals surface area (Å²) in [7, 11) is 0. The van der Waals surface area contributed by atoms with Crippen LogP contribution >= 0.6 is 27.5 Å². The third-order valence-electron chi connectivity index (χ3n) is 6.11. The van der Waals surface area contributed by atoms with Crippen LogP contribution < -0.4 is 10.6 Å². The SMILES string of the molecule is N=C(Br)c1c(N)ncnc1N1CCN(Cc2c3ccccc3c(Cl)c3ccccc23)CC1. The van der Waals surface area contributed by atoms with Gasteiger partial charge in [0, 0.05) is 43.5 Å². The maximum atomic E-state index is 8.00. The van der Waals surface area contributed by atoms with Crippen molar-refractivity contribution in [1.82, 2.24) is 14.9 Å². The fourth-order valence-corrected chi connectivity index (χ4v) is 5.23. The highest BCUT2D eigenvalue weighted by Gasteiger charge is 2.24. The second kappa shape index (κ2) is 8.65. The van der Waals surface area contributed by atoms with Gasteiger partial charge in [-0.3, -0.25) is 10.3 Å². The second-order valence-electron chi connectivity index (χ2n) is 7.92. The van der Waals surface area contributed by atoms with Crippen LogP contribution in [-0.2, 0) is 6.54 Å². The monoisotopic (exact) mass is 508 g/mol. The van der Waals surface area contributed by atoms with Gasteiger partial charge in [0.25, 0.3) is 0 Å². The van der Waals surface area contributed by atoms with Crippen LogP contribution in [0.4, 0.5) is 11.6 Å². The molecule has 0 atom stereocenters. The number of aromatic nitrogens is 2. The number of piperazine rings is 1. The van der Waals surface area contributed by atoms with Crippen molar-refractivity contribution in [3.8, 4) is 0 Å². The lowest BCUT2D eigenvalue weighted by molar-refractivity contribution is 0.251. The van der Waals surface area contributed by atoms with Gasteiger partial charge < -0.3 is 10.6 Å². The summed E-state index contributed by atoms with van der Waals surface area (Å²) in [6, 6.07) is 16.8. The van der Waals surface area contributed by atoms with Crippen LogP contribution in [0, 0.1) is 5.41 Å². The molecule has 0 amide bonds. The quantitative estimate of drug-likeness (QED) is 0.297. The predicted molar refractivity (Wildman–Crippen MR) is 136 cm³/mol. The Hall–Kier alpha value is -2.74. The van der Waals surface area contributed by atoms with Gasteiger partial charge in [-0.2, -0.15) is 0 Å². The largest absolute Gasteiger partial charge is 0.383 e. The van der Waals surface area contributed by atoms with Crippen LogP contribution in [0.3, 0.4) is 0 Å². The number of hydrogen-bond donors (Lipinski definition) is 2. The van der Waals surface area contributed by atoms with E-state index >= 15 is 0 Å². The third kappa shape index (κ3) is 3.70. The lowest BCUT2D eigenvalue weighted by Crippen LogP contribution is -2.46. The molecule has 8 heteroatoms. The summed E-state index contributed by atoms with van der Waals surface area (Å²) in [6.07, 6.45) is 1.46.